The van der Waals surface area contributed by atoms with Crippen LogP contribution >= 0.6 is 0 Å². The molecule has 0 fully saturated rings. The van der Waals surface area contributed by atoms with Crippen molar-refractivity contribution in [2.45, 2.75) is 13.0 Å². The number of rotatable bonds is 0. The van der Waals surface area contributed by atoms with Crippen LogP contribution in [0.25, 0.3) is 0 Å². The van der Waals surface area contributed by atoms with Gasteiger partial charge in [-0.1, -0.05) is 0 Å². The minimum Gasteiger partial charge on any atom is -0.370 e. The molecule has 0 spiro atoms. The van der Waals surface area contributed by atoms with E-state index in [0.717, 1.165) is 25.3 Å². The number of hydrogen-bond donors (Lipinski definition) is 2. The van der Waals surface area contributed by atoms with Crippen LogP contribution in [0, 0.1) is 6.07 Å². The van der Waals surface area contributed by atoms with Crippen molar-refractivity contribution < 1.29 is 0 Å². The van der Waals surface area contributed by atoms with Gasteiger partial charge in [0.05, 0.1) is 6.07 Å². The number of aromatic amines is 1. The first kappa shape index (κ1) is 5.58. The molecule has 0 atom stereocenters. The number of nitrogens with one attached hydrogen (secondary N) is 2. The predicted molar refractivity (Wildman–Crippen MR) is 37.0 cm³/mol. The number of anilines is 1. The maximum Gasteiger partial charge on any atom is 0.274 e. The van der Waals surface area contributed by atoms with Crippen LogP contribution in [0.2, 0.25) is 0 Å². The summed E-state index contributed by atoms with van der Waals surface area (Å²) in [6.07, 6.45) is 1.06. The minimum absolute atomic E-state index is 0.149. The standard InChI is InChI=1S/C6H8N3O/c10-6-4-5-7-2-1-3-9(5)8-6/h7H,1-3H2,(H,8,10). The molecule has 0 unspecified atom stereocenters. The van der Waals surface area contributed by atoms with Gasteiger partial charge >= 0.3 is 0 Å². The largest absolute Gasteiger partial charge is 0.370 e. The van der Waals surface area contributed by atoms with Gasteiger partial charge < -0.3 is 5.32 Å². The molecule has 0 aliphatic carbocycles. The smallest absolute Gasteiger partial charge is 0.274 e. The summed E-state index contributed by atoms with van der Waals surface area (Å²) in [5.41, 5.74) is -0.149. The summed E-state index contributed by atoms with van der Waals surface area (Å²) in [6.45, 7) is 1.83. The average Bonchev–Trinajstić information content (AvgIpc) is 2.27. The Morgan fingerprint density at radius 2 is 2.50 bits per heavy atom. The maximum absolute atomic E-state index is 10.7. The summed E-state index contributed by atoms with van der Waals surface area (Å²) in [5, 5.41) is 5.70. The third kappa shape index (κ3) is 0.725. The zero-order valence-electron chi connectivity index (χ0n) is 5.48. The highest BCUT2D eigenvalue weighted by atomic mass is 16.1. The van der Waals surface area contributed by atoms with Crippen LogP contribution in [0.4, 0.5) is 5.82 Å². The molecule has 1 aromatic rings. The van der Waals surface area contributed by atoms with Crippen molar-refractivity contribution >= 4 is 5.82 Å². The monoisotopic (exact) mass is 138 g/mol. The van der Waals surface area contributed by atoms with Crippen molar-refractivity contribution in [2.24, 2.45) is 0 Å². The lowest BCUT2D eigenvalue weighted by atomic mass is 10.3. The summed E-state index contributed by atoms with van der Waals surface area (Å²) < 4.78 is 1.78. The number of aromatic nitrogens is 2. The van der Waals surface area contributed by atoms with E-state index in [0.29, 0.717) is 0 Å². The average molecular weight is 138 g/mol. The van der Waals surface area contributed by atoms with Gasteiger partial charge in [0.1, 0.15) is 5.82 Å². The Morgan fingerprint density at radius 1 is 1.60 bits per heavy atom. The molecule has 1 aliphatic rings. The van der Waals surface area contributed by atoms with E-state index in [9.17, 15) is 4.79 Å². The van der Waals surface area contributed by atoms with Crippen molar-refractivity contribution in [3.05, 3.63) is 16.4 Å². The van der Waals surface area contributed by atoms with Gasteiger partial charge in [-0.25, -0.2) is 0 Å². The highest BCUT2D eigenvalue weighted by Gasteiger charge is 2.07. The second-order valence-corrected chi connectivity index (χ2v) is 2.35. The minimum atomic E-state index is -0.149. The third-order valence-electron chi connectivity index (χ3n) is 1.59. The van der Waals surface area contributed by atoms with E-state index < -0.39 is 0 Å². The van der Waals surface area contributed by atoms with Crippen molar-refractivity contribution in [1.29, 1.82) is 0 Å². The lowest BCUT2D eigenvalue weighted by molar-refractivity contribution is 0.564. The van der Waals surface area contributed by atoms with Gasteiger partial charge in [0.2, 0.25) is 0 Å². The fourth-order valence-corrected chi connectivity index (χ4v) is 1.13. The Morgan fingerprint density at radius 3 is 3.30 bits per heavy atom. The molecule has 4 heteroatoms. The van der Waals surface area contributed by atoms with Crippen LogP contribution in [0.3, 0.4) is 0 Å². The lowest BCUT2D eigenvalue weighted by Crippen LogP contribution is -2.17. The van der Waals surface area contributed by atoms with E-state index in [-0.39, 0.29) is 5.56 Å². The van der Waals surface area contributed by atoms with Crippen LogP contribution in [0.5, 0.6) is 0 Å². The van der Waals surface area contributed by atoms with Crippen molar-refractivity contribution in [3.8, 4) is 0 Å². The summed E-state index contributed by atoms with van der Waals surface area (Å²) in [5.74, 6) is 0.788. The van der Waals surface area contributed by atoms with Gasteiger partial charge in [-0.2, -0.15) is 0 Å². The zero-order valence-corrected chi connectivity index (χ0v) is 5.48. The molecule has 2 N–H and O–H groups in total. The fourth-order valence-electron chi connectivity index (χ4n) is 1.13. The molecule has 1 radical (unpaired) electrons. The van der Waals surface area contributed by atoms with Crippen molar-refractivity contribution in [3.63, 3.8) is 0 Å². The van der Waals surface area contributed by atoms with Gasteiger partial charge in [-0.15, -0.1) is 0 Å². The molecule has 53 valence electrons. The molecule has 0 saturated carbocycles. The Hall–Kier alpha value is -1.19. The Labute approximate surface area is 57.8 Å². The van der Waals surface area contributed by atoms with Crippen LogP contribution in [-0.4, -0.2) is 16.3 Å². The summed E-state index contributed by atoms with van der Waals surface area (Å²) in [4.78, 5) is 10.7. The molecule has 1 aromatic heterocycles. The van der Waals surface area contributed by atoms with Gasteiger partial charge in [-0.3, -0.25) is 14.6 Å². The molecule has 0 aromatic carbocycles. The van der Waals surface area contributed by atoms with Crippen molar-refractivity contribution in [1.82, 2.24) is 9.78 Å². The molecule has 10 heavy (non-hydrogen) atoms. The summed E-state index contributed by atoms with van der Waals surface area (Å²) in [6, 6.07) is 2.64. The van der Waals surface area contributed by atoms with E-state index in [1.54, 1.807) is 4.68 Å². The van der Waals surface area contributed by atoms with Crippen LogP contribution in [-0.2, 0) is 6.54 Å². The first-order valence-corrected chi connectivity index (χ1v) is 3.32. The molecule has 0 bridgehead atoms. The van der Waals surface area contributed by atoms with E-state index >= 15 is 0 Å². The molecule has 2 heterocycles. The fraction of sp³-hybridized carbons (Fsp3) is 0.500. The molecule has 2 rings (SSSR count). The van der Waals surface area contributed by atoms with E-state index in [2.05, 4.69) is 16.5 Å². The number of H-pyrrole nitrogens is 1. The molecular formula is C6H8N3O. The number of hydrogen-bond acceptors (Lipinski definition) is 2. The van der Waals surface area contributed by atoms with Crippen molar-refractivity contribution in [2.75, 3.05) is 11.9 Å². The Balaban J connectivity index is 2.50. The van der Waals surface area contributed by atoms with Crippen LogP contribution < -0.4 is 10.9 Å². The first-order chi connectivity index (χ1) is 4.86. The third-order valence-corrected chi connectivity index (χ3v) is 1.59. The lowest BCUT2D eigenvalue weighted by Gasteiger charge is -2.14. The van der Waals surface area contributed by atoms with Gasteiger partial charge in [-0.05, 0) is 6.42 Å². The predicted octanol–water partition coefficient (Wildman–Crippen LogP) is -0.208. The molecule has 4 nitrogen and oxygen atoms in total. The quantitative estimate of drug-likeness (QED) is 0.521. The van der Waals surface area contributed by atoms with E-state index in [1.165, 1.54) is 0 Å². The molecule has 1 aliphatic heterocycles. The zero-order chi connectivity index (χ0) is 6.97. The van der Waals surface area contributed by atoms with Crippen LogP contribution in [0.15, 0.2) is 4.79 Å². The number of aryl methyl sites for hydroxylation is 1. The van der Waals surface area contributed by atoms with Crippen LogP contribution in [0.1, 0.15) is 6.42 Å². The number of fused-ring (bicyclic) bond motifs is 1. The molecular weight excluding hydrogens is 130 g/mol. The number of nitrogens with zero attached hydrogens (tertiary/aromatic N) is 1. The SMILES string of the molecule is O=c1[c]c2n([nH]1)CCCN2. The summed E-state index contributed by atoms with van der Waals surface area (Å²) >= 11 is 0. The van der Waals surface area contributed by atoms with E-state index in [4.69, 9.17) is 0 Å². The normalized spacial score (nSPS) is 16.0. The second-order valence-electron chi connectivity index (χ2n) is 2.35. The second kappa shape index (κ2) is 1.90. The Bertz CT molecular complexity index is 259. The van der Waals surface area contributed by atoms with Gasteiger partial charge in [0.25, 0.3) is 5.56 Å². The first-order valence-electron chi connectivity index (χ1n) is 3.32. The Kier molecular flexibility index (Phi) is 1.06. The summed E-state index contributed by atoms with van der Waals surface area (Å²) in [7, 11) is 0. The highest BCUT2D eigenvalue weighted by Crippen LogP contribution is 2.07. The van der Waals surface area contributed by atoms with Gasteiger partial charge in [0, 0.05) is 13.1 Å². The molecule has 0 amide bonds. The topological polar surface area (TPSA) is 49.8 Å². The molecule has 0 saturated heterocycles. The van der Waals surface area contributed by atoms with Gasteiger partial charge in [0.15, 0.2) is 0 Å². The van der Waals surface area contributed by atoms with E-state index in [1.807, 2.05) is 0 Å². The maximum atomic E-state index is 10.7. The highest BCUT2D eigenvalue weighted by molar-refractivity contribution is 5.33.